The summed E-state index contributed by atoms with van der Waals surface area (Å²) in [5.74, 6) is 1.01. The highest BCUT2D eigenvalue weighted by atomic mass is 15.2. The smallest absolute Gasteiger partial charge is 0.133 e. The van der Waals surface area contributed by atoms with Crippen LogP contribution in [-0.2, 0) is 6.54 Å². The van der Waals surface area contributed by atoms with E-state index in [0.717, 1.165) is 31.9 Å². The summed E-state index contributed by atoms with van der Waals surface area (Å²) in [5, 5.41) is 3.44. The first-order valence-electron chi connectivity index (χ1n) is 7.74. The van der Waals surface area contributed by atoms with E-state index in [9.17, 15) is 0 Å². The van der Waals surface area contributed by atoms with E-state index in [0.29, 0.717) is 0 Å². The third-order valence-electron chi connectivity index (χ3n) is 3.47. The van der Waals surface area contributed by atoms with E-state index in [1.165, 1.54) is 16.8 Å². The van der Waals surface area contributed by atoms with Crippen LogP contribution in [0.4, 0.5) is 11.5 Å². The minimum absolute atomic E-state index is 0.898. The van der Waals surface area contributed by atoms with E-state index in [-0.39, 0.29) is 0 Å². The Labute approximate surface area is 128 Å². The van der Waals surface area contributed by atoms with Gasteiger partial charge in [0.05, 0.1) is 0 Å². The van der Waals surface area contributed by atoms with Gasteiger partial charge in [0, 0.05) is 25.0 Å². The minimum atomic E-state index is 0.898. The standard InChI is InChI=1S/C18H25N3/c1-4-10-19-14-16-9-11-20-18(13-16)21(5-2)17-8-6-7-15(3)12-17/h6-9,11-13,19H,4-5,10,14H2,1-3H3. The van der Waals surface area contributed by atoms with Crippen molar-refractivity contribution in [1.29, 1.82) is 0 Å². The van der Waals surface area contributed by atoms with Crippen LogP contribution in [0.15, 0.2) is 42.6 Å². The van der Waals surface area contributed by atoms with Crippen molar-refractivity contribution in [3.63, 3.8) is 0 Å². The summed E-state index contributed by atoms with van der Waals surface area (Å²) in [6.45, 7) is 9.31. The van der Waals surface area contributed by atoms with E-state index >= 15 is 0 Å². The molecule has 0 atom stereocenters. The van der Waals surface area contributed by atoms with Gasteiger partial charge in [0.15, 0.2) is 0 Å². The summed E-state index contributed by atoms with van der Waals surface area (Å²) in [6.07, 6.45) is 3.05. The molecule has 0 saturated carbocycles. The topological polar surface area (TPSA) is 28.2 Å². The van der Waals surface area contributed by atoms with Gasteiger partial charge >= 0.3 is 0 Å². The zero-order chi connectivity index (χ0) is 15.1. The van der Waals surface area contributed by atoms with Crippen molar-refractivity contribution in [2.45, 2.75) is 33.7 Å². The number of anilines is 2. The molecule has 0 radical (unpaired) electrons. The molecule has 2 aromatic rings. The molecule has 0 spiro atoms. The van der Waals surface area contributed by atoms with E-state index in [1.807, 2.05) is 6.20 Å². The summed E-state index contributed by atoms with van der Waals surface area (Å²) in [7, 11) is 0. The second kappa shape index (κ2) is 7.79. The van der Waals surface area contributed by atoms with Crippen LogP contribution in [-0.4, -0.2) is 18.1 Å². The second-order valence-electron chi connectivity index (χ2n) is 5.28. The van der Waals surface area contributed by atoms with Gasteiger partial charge in [0.2, 0.25) is 0 Å². The largest absolute Gasteiger partial charge is 0.327 e. The van der Waals surface area contributed by atoms with Gasteiger partial charge < -0.3 is 10.2 Å². The molecule has 112 valence electrons. The van der Waals surface area contributed by atoms with Gasteiger partial charge in [-0.25, -0.2) is 4.98 Å². The molecule has 0 aliphatic heterocycles. The van der Waals surface area contributed by atoms with E-state index in [1.54, 1.807) is 0 Å². The molecule has 1 N–H and O–H groups in total. The van der Waals surface area contributed by atoms with Gasteiger partial charge in [-0.2, -0.15) is 0 Å². The highest BCUT2D eigenvalue weighted by Gasteiger charge is 2.09. The third kappa shape index (κ3) is 4.30. The molecule has 0 fully saturated rings. The molecule has 0 aliphatic carbocycles. The van der Waals surface area contributed by atoms with Crippen LogP contribution in [0.25, 0.3) is 0 Å². The number of nitrogens with one attached hydrogen (secondary N) is 1. The maximum Gasteiger partial charge on any atom is 0.133 e. The Hall–Kier alpha value is -1.87. The van der Waals surface area contributed by atoms with Gasteiger partial charge in [-0.05, 0) is 62.2 Å². The van der Waals surface area contributed by atoms with Crippen LogP contribution < -0.4 is 10.2 Å². The van der Waals surface area contributed by atoms with Crippen molar-refractivity contribution in [2.75, 3.05) is 18.0 Å². The van der Waals surface area contributed by atoms with Crippen LogP contribution in [0.2, 0.25) is 0 Å². The lowest BCUT2D eigenvalue weighted by Crippen LogP contribution is -2.18. The molecule has 0 aliphatic rings. The average molecular weight is 283 g/mol. The fraction of sp³-hybridized carbons (Fsp3) is 0.389. The van der Waals surface area contributed by atoms with Gasteiger partial charge in [-0.1, -0.05) is 19.1 Å². The first kappa shape index (κ1) is 15.5. The minimum Gasteiger partial charge on any atom is -0.327 e. The van der Waals surface area contributed by atoms with Crippen LogP contribution in [0.1, 0.15) is 31.4 Å². The molecule has 1 aromatic carbocycles. The number of pyridine rings is 1. The number of hydrogen-bond acceptors (Lipinski definition) is 3. The van der Waals surface area contributed by atoms with Crippen LogP contribution in [0, 0.1) is 6.92 Å². The number of benzene rings is 1. The maximum absolute atomic E-state index is 4.54. The summed E-state index contributed by atoms with van der Waals surface area (Å²) < 4.78 is 0. The predicted octanol–water partition coefficient (Wildman–Crippen LogP) is 4.05. The van der Waals surface area contributed by atoms with Crippen molar-refractivity contribution < 1.29 is 0 Å². The number of aromatic nitrogens is 1. The summed E-state index contributed by atoms with van der Waals surface area (Å²) in [6, 6.07) is 12.8. The summed E-state index contributed by atoms with van der Waals surface area (Å²) in [5.41, 5.74) is 3.75. The molecular formula is C18H25N3. The van der Waals surface area contributed by atoms with Gasteiger partial charge in [0.1, 0.15) is 5.82 Å². The summed E-state index contributed by atoms with van der Waals surface area (Å²) >= 11 is 0. The Morgan fingerprint density at radius 3 is 2.71 bits per heavy atom. The number of nitrogens with zero attached hydrogens (tertiary/aromatic N) is 2. The first-order chi connectivity index (χ1) is 10.2. The molecular weight excluding hydrogens is 258 g/mol. The van der Waals surface area contributed by atoms with E-state index in [4.69, 9.17) is 0 Å². The summed E-state index contributed by atoms with van der Waals surface area (Å²) in [4.78, 5) is 6.79. The molecule has 1 aromatic heterocycles. The third-order valence-corrected chi connectivity index (χ3v) is 3.47. The average Bonchev–Trinajstić information content (AvgIpc) is 2.49. The van der Waals surface area contributed by atoms with Crippen LogP contribution >= 0.6 is 0 Å². The maximum atomic E-state index is 4.54. The van der Waals surface area contributed by atoms with E-state index in [2.05, 4.69) is 72.4 Å². The van der Waals surface area contributed by atoms with Crippen molar-refractivity contribution in [2.24, 2.45) is 0 Å². The highest BCUT2D eigenvalue weighted by Crippen LogP contribution is 2.24. The molecule has 3 nitrogen and oxygen atoms in total. The zero-order valence-electron chi connectivity index (χ0n) is 13.3. The molecule has 0 bridgehead atoms. The van der Waals surface area contributed by atoms with Gasteiger partial charge in [-0.15, -0.1) is 0 Å². The lowest BCUT2D eigenvalue weighted by atomic mass is 10.2. The van der Waals surface area contributed by atoms with Gasteiger partial charge in [-0.3, -0.25) is 0 Å². The predicted molar refractivity (Wildman–Crippen MR) is 90.1 cm³/mol. The fourth-order valence-corrected chi connectivity index (χ4v) is 2.40. The Balaban J connectivity index is 2.20. The highest BCUT2D eigenvalue weighted by molar-refractivity contribution is 5.61. The molecule has 0 amide bonds. The van der Waals surface area contributed by atoms with E-state index < -0.39 is 0 Å². The normalized spacial score (nSPS) is 10.6. The van der Waals surface area contributed by atoms with Crippen LogP contribution in [0.5, 0.6) is 0 Å². The van der Waals surface area contributed by atoms with Gasteiger partial charge in [0.25, 0.3) is 0 Å². The molecule has 3 heteroatoms. The zero-order valence-corrected chi connectivity index (χ0v) is 13.3. The van der Waals surface area contributed by atoms with Crippen molar-refractivity contribution in [1.82, 2.24) is 10.3 Å². The Morgan fingerprint density at radius 1 is 1.14 bits per heavy atom. The monoisotopic (exact) mass is 283 g/mol. The second-order valence-corrected chi connectivity index (χ2v) is 5.28. The van der Waals surface area contributed by atoms with Crippen molar-refractivity contribution >= 4 is 11.5 Å². The van der Waals surface area contributed by atoms with Crippen LogP contribution in [0.3, 0.4) is 0 Å². The lowest BCUT2D eigenvalue weighted by Gasteiger charge is -2.23. The molecule has 2 rings (SSSR count). The molecule has 1 heterocycles. The number of hydrogen-bond donors (Lipinski definition) is 1. The lowest BCUT2D eigenvalue weighted by molar-refractivity contribution is 0.675. The Bertz CT molecular complexity index is 566. The molecule has 0 saturated heterocycles. The SMILES string of the molecule is CCCNCc1ccnc(N(CC)c2cccc(C)c2)c1. The molecule has 0 unspecified atom stereocenters. The quantitative estimate of drug-likeness (QED) is 0.777. The first-order valence-corrected chi connectivity index (χ1v) is 7.74. The Morgan fingerprint density at radius 2 is 2.00 bits per heavy atom. The van der Waals surface area contributed by atoms with Crippen molar-refractivity contribution in [3.8, 4) is 0 Å². The number of rotatable bonds is 7. The fourth-order valence-electron chi connectivity index (χ4n) is 2.40. The Kier molecular flexibility index (Phi) is 5.76. The van der Waals surface area contributed by atoms with Crippen molar-refractivity contribution in [3.05, 3.63) is 53.7 Å². The molecule has 21 heavy (non-hydrogen) atoms. The number of aryl methyl sites for hydroxylation is 1.